The minimum atomic E-state index is -3.52. The number of aryl methyl sites for hydroxylation is 1. The number of rotatable bonds is 8. The van der Waals surface area contributed by atoms with Crippen molar-refractivity contribution < 1.29 is 18.3 Å². The van der Waals surface area contributed by atoms with Crippen LogP contribution in [0, 0.1) is 0 Å². The third-order valence-electron chi connectivity index (χ3n) is 5.56. The lowest BCUT2D eigenvalue weighted by Crippen LogP contribution is -2.47. The average Bonchev–Trinajstić information content (AvgIpc) is 3.29. The Hall–Kier alpha value is -2.46. The molecule has 0 spiro atoms. The van der Waals surface area contributed by atoms with Crippen LogP contribution in [0.3, 0.4) is 0 Å². The highest BCUT2D eigenvalue weighted by atomic mass is 35.5. The first-order valence-electron chi connectivity index (χ1n) is 10.6. The Labute approximate surface area is 202 Å². The zero-order valence-corrected chi connectivity index (χ0v) is 20.2. The van der Waals surface area contributed by atoms with E-state index < -0.39 is 15.9 Å². The highest BCUT2D eigenvalue weighted by Crippen LogP contribution is 2.32. The van der Waals surface area contributed by atoms with Crippen LogP contribution in [0.15, 0.2) is 58.9 Å². The molecule has 2 N–H and O–H groups in total. The zero-order chi connectivity index (χ0) is 23.4. The molecule has 10 heteroatoms. The first-order valence-corrected chi connectivity index (χ1v) is 13.5. The van der Waals surface area contributed by atoms with Crippen molar-refractivity contribution in [1.82, 2.24) is 4.98 Å². The first kappa shape index (κ1) is 23.7. The number of halogens is 1. The molecule has 174 valence electrons. The molecule has 2 heterocycles. The number of carbonyl (C=O) groups is 1. The van der Waals surface area contributed by atoms with Crippen molar-refractivity contribution in [3.05, 3.63) is 69.6 Å². The number of amides is 1. The van der Waals surface area contributed by atoms with Crippen LogP contribution in [0.25, 0.3) is 0 Å². The maximum absolute atomic E-state index is 13.2. The molecule has 2 aromatic carbocycles. The number of thiazole rings is 1. The van der Waals surface area contributed by atoms with Gasteiger partial charge in [0.2, 0.25) is 5.91 Å². The van der Waals surface area contributed by atoms with Crippen LogP contribution < -0.4 is 10.2 Å². The number of aliphatic hydroxyl groups excluding tert-OH is 1. The monoisotopic (exact) mass is 505 g/mol. The van der Waals surface area contributed by atoms with Crippen molar-refractivity contribution in [2.45, 2.75) is 36.0 Å². The second kappa shape index (κ2) is 10.2. The van der Waals surface area contributed by atoms with Gasteiger partial charge in [0.25, 0.3) is 0 Å². The molecule has 1 aromatic heterocycles. The molecule has 1 atom stereocenters. The normalized spacial score (nSPS) is 14.5. The SMILES string of the molecule is O=C(Nc1ccc(S(=O)(=O)Cc2nccs2)cc1)[C@H](CCO)N1CCCc2cc(Cl)ccc21. The van der Waals surface area contributed by atoms with Gasteiger partial charge >= 0.3 is 0 Å². The van der Waals surface area contributed by atoms with Crippen LogP contribution in [0.5, 0.6) is 0 Å². The maximum atomic E-state index is 13.2. The molecule has 0 fully saturated rings. The van der Waals surface area contributed by atoms with Gasteiger partial charge in [-0.2, -0.15) is 0 Å². The predicted molar refractivity (Wildman–Crippen MR) is 131 cm³/mol. The number of benzene rings is 2. The van der Waals surface area contributed by atoms with E-state index in [-0.39, 0.29) is 29.6 Å². The topological polar surface area (TPSA) is 99.6 Å². The lowest BCUT2D eigenvalue weighted by molar-refractivity contribution is -0.117. The summed E-state index contributed by atoms with van der Waals surface area (Å²) in [5, 5.41) is 15.4. The number of aromatic nitrogens is 1. The lowest BCUT2D eigenvalue weighted by atomic mass is 9.98. The van der Waals surface area contributed by atoms with E-state index in [1.807, 2.05) is 17.0 Å². The first-order chi connectivity index (χ1) is 15.9. The molecule has 0 aliphatic carbocycles. The molecular formula is C23H24ClN3O4S2. The standard InChI is InChI=1S/C23H24ClN3O4S2/c24-17-3-8-20-16(14-17)2-1-11-27(20)21(9-12-28)23(29)26-18-4-6-19(7-5-18)33(30,31)15-22-25-10-13-32-22/h3-8,10,13-14,21,28H,1-2,9,11-12,15H2,(H,26,29)/t21-/m0/s1. The Morgan fingerprint density at radius 2 is 2.03 bits per heavy atom. The number of hydrogen-bond acceptors (Lipinski definition) is 7. The summed E-state index contributed by atoms with van der Waals surface area (Å²) in [5.41, 5.74) is 2.52. The van der Waals surface area contributed by atoms with E-state index in [2.05, 4.69) is 10.3 Å². The second-order valence-electron chi connectivity index (χ2n) is 7.80. The van der Waals surface area contributed by atoms with Crippen molar-refractivity contribution in [1.29, 1.82) is 0 Å². The Bertz CT molecular complexity index is 1220. The van der Waals surface area contributed by atoms with Gasteiger partial charge in [-0.05, 0) is 67.3 Å². The van der Waals surface area contributed by atoms with Crippen LogP contribution in [0.4, 0.5) is 11.4 Å². The van der Waals surface area contributed by atoms with E-state index in [4.69, 9.17) is 11.6 Å². The molecule has 1 aliphatic heterocycles. The third kappa shape index (κ3) is 5.55. The number of carbonyl (C=O) groups excluding carboxylic acids is 1. The van der Waals surface area contributed by atoms with Gasteiger partial charge in [0.15, 0.2) is 9.84 Å². The fourth-order valence-corrected chi connectivity index (χ4v) is 6.46. The van der Waals surface area contributed by atoms with Crippen molar-refractivity contribution in [2.75, 3.05) is 23.4 Å². The quantitative estimate of drug-likeness (QED) is 0.481. The van der Waals surface area contributed by atoms with Gasteiger partial charge in [-0.3, -0.25) is 4.79 Å². The molecular weight excluding hydrogens is 482 g/mol. The number of hydrogen-bond donors (Lipinski definition) is 2. The number of aliphatic hydroxyl groups is 1. The Balaban J connectivity index is 1.49. The summed E-state index contributed by atoms with van der Waals surface area (Å²) < 4.78 is 25.2. The van der Waals surface area contributed by atoms with Crippen LogP contribution in [0.2, 0.25) is 5.02 Å². The fraction of sp³-hybridized carbons (Fsp3) is 0.304. The number of nitrogens with one attached hydrogen (secondary N) is 1. The van der Waals surface area contributed by atoms with Crippen molar-refractivity contribution in [3.8, 4) is 0 Å². The highest BCUT2D eigenvalue weighted by molar-refractivity contribution is 7.90. The van der Waals surface area contributed by atoms with E-state index in [9.17, 15) is 18.3 Å². The van der Waals surface area contributed by atoms with E-state index in [0.717, 1.165) is 24.1 Å². The Kier molecular flexibility index (Phi) is 7.33. The average molecular weight is 506 g/mol. The van der Waals surface area contributed by atoms with Gasteiger partial charge in [-0.15, -0.1) is 11.3 Å². The van der Waals surface area contributed by atoms with Crippen LogP contribution in [-0.2, 0) is 26.8 Å². The summed E-state index contributed by atoms with van der Waals surface area (Å²) in [5.74, 6) is -0.418. The van der Waals surface area contributed by atoms with Gasteiger partial charge in [0.1, 0.15) is 16.8 Å². The van der Waals surface area contributed by atoms with E-state index in [0.29, 0.717) is 22.3 Å². The largest absolute Gasteiger partial charge is 0.396 e. The molecule has 3 aromatic rings. The summed E-state index contributed by atoms with van der Waals surface area (Å²) in [7, 11) is -3.52. The molecule has 0 saturated carbocycles. The molecule has 1 amide bonds. The zero-order valence-electron chi connectivity index (χ0n) is 17.8. The molecule has 1 aliphatic rings. The molecule has 0 bridgehead atoms. The maximum Gasteiger partial charge on any atom is 0.247 e. The van der Waals surface area contributed by atoms with Crippen molar-refractivity contribution >= 4 is 50.1 Å². The molecule has 33 heavy (non-hydrogen) atoms. The number of nitrogens with zero attached hydrogens (tertiary/aromatic N) is 2. The van der Waals surface area contributed by atoms with E-state index >= 15 is 0 Å². The molecule has 0 saturated heterocycles. The van der Waals surface area contributed by atoms with Gasteiger partial charge in [0, 0.05) is 41.1 Å². The minimum Gasteiger partial charge on any atom is -0.396 e. The summed E-state index contributed by atoms with van der Waals surface area (Å²) in [6.45, 7) is 0.562. The molecule has 0 unspecified atom stereocenters. The van der Waals surface area contributed by atoms with Crippen LogP contribution in [0.1, 0.15) is 23.4 Å². The lowest BCUT2D eigenvalue weighted by Gasteiger charge is -2.37. The highest BCUT2D eigenvalue weighted by Gasteiger charge is 2.29. The van der Waals surface area contributed by atoms with Crippen molar-refractivity contribution in [2.24, 2.45) is 0 Å². The smallest absolute Gasteiger partial charge is 0.247 e. The summed E-state index contributed by atoms with van der Waals surface area (Å²) in [6.07, 6.45) is 3.62. The predicted octanol–water partition coefficient (Wildman–Crippen LogP) is 3.91. The van der Waals surface area contributed by atoms with Gasteiger partial charge < -0.3 is 15.3 Å². The van der Waals surface area contributed by atoms with Crippen LogP contribution >= 0.6 is 22.9 Å². The third-order valence-corrected chi connectivity index (χ3v) is 8.40. The molecule has 0 radical (unpaired) electrons. The van der Waals surface area contributed by atoms with Crippen LogP contribution in [-0.4, -0.2) is 43.6 Å². The second-order valence-corrected chi connectivity index (χ2v) is 11.2. The van der Waals surface area contributed by atoms with Gasteiger partial charge in [-0.1, -0.05) is 11.6 Å². The summed E-state index contributed by atoms with van der Waals surface area (Å²) in [6, 6.07) is 11.2. The number of fused-ring (bicyclic) bond motifs is 1. The molecule has 4 rings (SSSR count). The number of sulfone groups is 1. The summed E-state index contributed by atoms with van der Waals surface area (Å²) >= 11 is 7.43. The van der Waals surface area contributed by atoms with Gasteiger partial charge in [-0.25, -0.2) is 13.4 Å². The number of anilines is 2. The Morgan fingerprint density at radius 3 is 2.73 bits per heavy atom. The van der Waals surface area contributed by atoms with Crippen molar-refractivity contribution in [3.63, 3.8) is 0 Å². The van der Waals surface area contributed by atoms with E-state index in [1.54, 1.807) is 29.8 Å². The fourth-order valence-electron chi connectivity index (χ4n) is 4.01. The Morgan fingerprint density at radius 1 is 1.24 bits per heavy atom. The van der Waals surface area contributed by atoms with Gasteiger partial charge in [0.05, 0.1) is 4.90 Å². The van der Waals surface area contributed by atoms with E-state index in [1.165, 1.54) is 23.5 Å². The molecule has 7 nitrogen and oxygen atoms in total. The summed E-state index contributed by atoms with van der Waals surface area (Å²) in [4.78, 5) is 19.4. The minimum absolute atomic E-state index is 0.133.